The fraction of sp³-hybridized carbons (Fsp3) is 0.833. The van der Waals surface area contributed by atoms with Gasteiger partial charge >= 0.3 is 0 Å². The smallest absolute Gasteiger partial charge is 0.251 e. The van der Waals surface area contributed by atoms with Crippen LogP contribution >= 0.6 is 0 Å². The largest absolute Gasteiger partial charge is 0.316 e. The van der Waals surface area contributed by atoms with Gasteiger partial charge in [0.25, 0.3) is 6.43 Å². The maximum absolute atomic E-state index is 11.9. The highest BCUT2D eigenvalue weighted by molar-refractivity contribution is 5.00. The van der Waals surface area contributed by atoms with Crippen LogP contribution in [-0.2, 0) is 0 Å². The van der Waals surface area contributed by atoms with Crippen molar-refractivity contribution in [1.29, 1.82) is 0 Å². The molecule has 1 aliphatic rings. The Labute approximate surface area is 52.5 Å². The Morgan fingerprint density at radius 1 is 1.56 bits per heavy atom. The summed E-state index contributed by atoms with van der Waals surface area (Å²) in [7, 11) is 0. The van der Waals surface area contributed by atoms with Crippen molar-refractivity contribution in [2.24, 2.45) is 5.41 Å². The topological polar surface area (TPSA) is 4.36 Å². The van der Waals surface area contributed by atoms with Gasteiger partial charge in [-0.25, -0.2) is 15.4 Å². The molecule has 0 radical (unpaired) electrons. The number of halogens is 2. The molecular weight excluding hydrogens is 124 g/mol. The molecule has 0 aromatic heterocycles. The van der Waals surface area contributed by atoms with Gasteiger partial charge in [0.15, 0.2) is 0 Å². The fourth-order valence-electron chi connectivity index (χ4n) is 0.763. The van der Waals surface area contributed by atoms with Gasteiger partial charge in [0.1, 0.15) is 5.41 Å². The molecule has 1 rings (SSSR count). The molecule has 3 heteroatoms. The van der Waals surface area contributed by atoms with Gasteiger partial charge in [0, 0.05) is 0 Å². The summed E-state index contributed by atoms with van der Waals surface area (Å²) in [6.45, 7) is 6.39. The maximum atomic E-state index is 11.9. The average molecular weight is 131 g/mol. The molecule has 0 spiro atoms. The van der Waals surface area contributed by atoms with E-state index in [1.54, 1.807) is 0 Å². The highest BCUT2D eigenvalue weighted by Gasteiger charge is 2.54. The van der Waals surface area contributed by atoms with Crippen molar-refractivity contribution >= 4 is 0 Å². The van der Waals surface area contributed by atoms with Crippen molar-refractivity contribution in [3.05, 3.63) is 11.4 Å². The fourth-order valence-corrected chi connectivity index (χ4v) is 0.763. The van der Waals surface area contributed by atoms with Crippen LogP contribution in [0.1, 0.15) is 12.8 Å². The highest BCUT2D eigenvalue weighted by Crippen LogP contribution is 2.50. The third-order valence-electron chi connectivity index (χ3n) is 1.75. The van der Waals surface area contributed by atoms with Gasteiger partial charge < -0.3 is 4.85 Å². The Morgan fingerprint density at radius 2 is 2.11 bits per heavy atom. The number of hydrogen-bond donors (Lipinski definition) is 0. The lowest BCUT2D eigenvalue weighted by molar-refractivity contribution is 0.0705. The Hall–Kier alpha value is -0.650. The minimum atomic E-state index is -2.29. The van der Waals surface area contributed by atoms with E-state index in [1.165, 1.54) is 0 Å². The summed E-state index contributed by atoms with van der Waals surface area (Å²) in [4.78, 5) is 2.96. The van der Waals surface area contributed by atoms with E-state index in [9.17, 15) is 8.78 Å². The van der Waals surface area contributed by atoms with Gasteiger partial charge in [-0.1, -0.05) is 0 Å². The van der Waals surface area contributed by atoms with Crippen molar-refractivity contribution in [1.82, 2.24) is 0 Å². The van der Waals surface area contributed by atoms with Gasteiger partial charge in [-0.3, -0.25) is 0 Å². The molecule has 1 aliphatic carbocycles. The summed E-state index contributed by atoms with van der Waals surface area (Å²) in [5.74, 6) is 0. The predicted molar refractivity (Wildman–Crippen MR) is 29.1 cm³/mol. The van der Waals surface area contributed by atoms with Gasteiger partial charge in [0.05, 0.1) is 0 Å². The van der Waals surface area contributed by atoms with Crippen molar-refractivity contribution < 1.29 is 8.78 Å². The molecule has 0 aromatic rings. The number of rotatable bonds is 2. The van der Waals surface area contributed by atoms with Gasteiger partial charge in [-0.2, -0.15) is 0 Å². The van der Waals surface area contributed by atoms with Gasteiger partial charge in [0.2, 0.25) is 6.54 Å². The van der Waals surface area contributed by atoms with Crippen molar-refractivity contribution in [3.63, 3.8) is 0 Å². The Morgan fingerprint density at radius 3 is 2.22 bits per heavy atom. The zero-order valence-electron chi connectivity index (χ0n) is 4.90. The second-order valence-electron chi connectivity index (χ2n) is 2.48. The van der Waals surface area contributed by atoms with E-state index in [0.717, 1.165) is 0 Å². The van der Waals surface area contributed by atoms with Crippen LogP contribution in [0.15, 0.2) is 0 Å². The predicted octanol–water partition coefficient (Wildman–Crippen LogP) is 1.95. The molecule has 0 aliphatic heterocycles. The van der Waals surface area contributed by atoms with Crippen molar-refractivity contribution in [2.45, 2.75) is 19.3 Å². The minimum Gasteiger partial charge on any atom is -0.316 e. The lowest BCUT2D eigenvalue weighted by Crippen LogP contribution is -2.14. The summed E-state index contributed by atoms with van der Waals surface area (Å²) >= 11 is 0. The molecule has 0 saturated heterocycles. The molecule has 0 unspecified atom stereocenters. The second-order valence-corrected chi connectivity index (χ2v) is 2.48. The van der Waals surface area contributed by atoms with Crippen molar-refractivity contribution in [3.8, 4) is 0 Å². The third-order valence-corrected chi connectivity index (χ3v) is 1.75. The van der Waals surface area contributed by atoms with E-state index in [4.69, 9.17) is 6.57 Å². The van der Waals surface area contributed by atoms with Crippen LogP contribution in [0.3, 0.4) is 0 Å². The molecule has 0 heterocycles. The molecule has 1 fully saturated rings. The molecule has 0 bridgehead atoms. The first kappa shape index (κ1) is 6.47. The Kier molecular flexibility index (Phi) is 1.40. The molecule has 0 aromatic carbocycles. The summed E-state index contributed by atoms with van der Waals surface area (Å²) < 4.78 is 23.8. The van der Waals surface area contributed by atoms with Crippen LogP contribution in [0, 0.1) is 12.0 Å². The van der Waals surface area contributed by atoms with E-state index in [2.05, 4.69) is 4.85 Å². The van der Waals surface area contributed by atoms with Crippen LogP contribution in [0.2, 0.25) is 0 Å². The standard InChI is InChI=1S/C6H7F2N/c1-9-4-6(2-3-6)5(7)8/h5H,2-4H2. The highest BCUT2D eigenvalue weighted by atomic mass is 19.3. The monoisotopic (exact) mass is 131 g/mol. The molecular formula is C6H7F2N. The second kappa shape index (κ2) is 1.94. The molecule has 1 nitrogen and oxygen atoms in total. The van der Waals surface area contributed by atoms with Gasteiger partial charge in [-0.05, 0) is 12.8 Å². The number of alkyl halides is 2. The lowest BCUT2D eigenvalue weighted by Gasteiger charge is -2.03. The molecule has 50 valence electrons. The van der Waals surface area contributed by atoms with E-state index >= 15 is 0 Å². The average Bonchev–Trinajstić information content (AvgIpc) is 2.49. The van der Waals surface area contributed by atoms with Crippen molar-refractivity contribution in [2.75, 3.05) is 6.54 Å². The normalized spacial score (nSPS) is 21.6. The zero-order chi connectivity index (χ0) is 6.91. The SMILES string of the molecule is [C-]#[N+]CC1(C(F)F)CC1. The van der Waals surface area contributed by atoms with E-state index in [-0.39, 0.29) is 6.54 Å². The third kappa shape index (κ3) is 1.02. The van der Waals surface area contributed by atoms with Crippen LogP contribution in [0.25, 0.3) is 4.85 Å². The van der Waals surface area contributed by atoms with Crippen LogP contribution in [0.5, 0.6) is 0 Å². The first-order chi connectivity index (χ1) is 4.21. The van der Waals surface area contributed by atoms with Crippen LogP contribution in [0.4, 0.5) is 8.78 Å². The minimum absolute atomic E-state index is 0.00463. The number of nitrogens with zero attached hydrogens (tertiary/aromatic N) is 1. The van der Waals surface area contributed by atoms with E-state index in [1.807, 2.05) is 0 Å². The molecule has 0 N–H and O–H groups in total. The maximum Gasteiger partial charge on any atom is 0.251 e. The summed E-state index contributed by atoms with van der Waals surface area (Å²) in [6, 6.07) is 0. The summed E-state index contributed by atoms with van der Waals surface area (Å²) in [5, 5.41) is 0. The van der Waals surface area contributed by atoms with Gasteiger partial charge in [-0.15, -0.1) is 0 Å². The van der Waals surface area contributed by atoms with Crippen LogP contribution in [-0.4, -0.2) is 13.0 Å². The lowest BCUT2D eigenvalue weighted by atomic mass is 10.1. The first-order valence-corrected chi connectivity index (χ1v) is 2.83. The molecule has 0 atom stereocenters. The zero-order valence-corrected chi connectivity index (χ0v) is 4.90. The molecule has 9 heavy (non-hydrogen) atoms. The van der Waals surface area contributed by atoms with Crippen LogP contribution < -0.4 is 0 Å². The molecule has 1 saturated carbocycles. The Balaban J connectivity index is 2.45. The summed E-state index contributed by atoms with van der Waals surface area (Å²) in [5.41, 5.74) is -0.887. The van der Waals surface area contributed by atoms with E-state index < -0.39 is 11.8 Å². The van der Waals surface area contributed by atoms with E-state index in [0.29, 0.717) is 12.8 Å². The first-order valence-electron chi connectivity index (χ1n) is 2.83. The number of hydrogen-bond acceptors (Lipinski definition) is 0. The summed E-state index contributed by atoms with van der Waals surface area (Å²) in [6.07, 6.45) is -1.22. The molecule has 0 amide bonds. The Bertz CT molecular complexity index is 144. The quantitative estimate of drug-likeness (QED) is 0.504.